The number of aromatic nitrogens is 1. The number of aldehydes is 1. The van der Waals surface area contributed by atoms with Crippen LogP contribution in [0, 0.1) is 5.92 Å². The fourth-order valence-corrected chi connectivity index (χ4v) is 1.30. The van der Waals surface area contributed by atoms with Crippen LogP contribution in [-0.4, -0.2) is 23.2 Å². The molecule has 0 aromatic carbocycles. The standard InChI is InChI=1S/C12H16N2O2/c1-3-9(2)11(8-15)14-12(16)10-5-4-6-13-7-10/h4-9,11H,3H2,1-2H3,(H,14,16). The van der Waals surface area contributed by atoms with Gasteiger partial charge in [0.1, 0.15) is 6.29 Å². The minimum atomic E-state index is -0.433. The fourth-order valence-electron chi connectivity index (χ4n) is 1.30. The number of nitrogens with one attached hydrogen (secondary N) is 1. The number of rotatable bonds is 5. The maximum Gasteiger partial charge on any atom is 0.253 e. The summed E-state index contributed by atoms with van der Waals surface area (Å²) in [6, 6.07) is 2.92. The molecule has 86 valence electrons. The van der Waals surface area contributed by atoms with Crippen LogP contribution < -0.4 is 5.32 Å². The molecular weight excluding hydrogens is 204 g/mol. The Bertz CT molecular complexity index is 351. The van der Waals surface area contributed by atoms with E-state index in [1.165, 1.54) is 6.20 Å². The molecule has 1 aromatic rings. The molecule has 4 heteroatoms. The summed E-state index contributed by atoms with van der Waals surface area (Å²) in [4.78, 5) is 26.4. The highest BCUT2D eigenvalue weighted by Gasteiger charge is 2.17. The van der Waals surface area contributed by atoms with Gasteiger partial charge in [0.25, 0.3) is 5.91 Å². The molecule has 0 saturated carbocycles. The summed E-state index contributed by atoms with van der Waals surface area (Å²) in [6.07, 6.45) is 4.70. The van der Waals surface area contributed by atoms with Crippen molar-refractivity contribution in [3.63, 3.8) is 0 Å². The van der Waals surface area contributed by atoms with Crippen LogP contribution in [0.2, 0.25) is 0 Å². The van der Waals surface area contributed by atoms with Crippen molar-refractivity contribution < 1.29 is 9.59 Å². The quantitative estimate of drug-likeness (QED) is 0.763. The Balaban J connectivity index is 2.66. The average Bonchev–Trinajstić information content (AvgIpc) is 2.35. The lowest BCUT2D eigenvalue weighted by Gasteiger charge is -2.18. The minimum absolute atomic E-state index is 0.137. The number of hydrogen-bond donors (Lipinski definition) is 1. The van der Waals surface area contributed by atoms with Crippen LogP contribution in [0.25, 0.3) is 0 Å². The van der Waals surface area contributed by atoms with Gasteiger partial charge in [-0.05, 0) is 18.1 Å². The lowest BCUT2D eigenvalue weighted by molar-refractivity contribution is -0.110. The highest BCUT2D eigenvalue weighted by Crippen LogP contribution is 2.06. The molecule has 1 aromatic heterocycles. The maximum absolute atomic E-state index is 11.7. The largest absolute Gasteiger partial charge is 0.342 e. The Kier molecular flexibility index (Phi) is 4.64. The second kappa shape index (κ2) is 6.00. The van der Waals surface area contributed by atoms with Gasteiger partial charge in [-0.25, -0.2) is 0 Å². The van der Waals surface area contributed by atoms with E-state index in [-0.39, 0.29) is 11.8 Å². The van der Waals surface area contributed by atoms with E-state index in [1.807, 2.05) is 13.8 Å². The summed E-state index contributed by atoms with van der Waals surface area (Å²) in [5, 5.41) is 2.69. The van der Waals surface area contributed by atoms with Gasteiger partial charge >= 0.3 is 0 Å². The summed E-state index contributed by atoms with van der Waals surface area (Å²) >= 11 is 0. The van der Waals surface area contributed by atoms with Gasteiger partial charge in [-0.2, -0.15) is 0 Å². The lowest BCUT2D eigenvalue weighted by Crippen LogP contribution is -2.40. The van der Waals surface area contributed by atoms with Gasteiger partial charge in [0.05, 0.1) is 11.6 Å². The second-order valence-electron chi connectivity index (χ2n) is 3.76. The average molecular weight is 220 g/mol. The number of pyridine rings is 1. The first-order valence-corrected chi connectivity index (χ1v) is 5.35. The van der Waals surface area contributed by atoms with Gasteiger partial charge in [-0.1, -0.05) is 20.3 Å². The number of nitrogens with zero attached hydrogens (tertiary/aromatic N) is 1. The molecule has 2 unspecified atom stereocenters. The van der Waals surface area contributed by atoms with E-state index in [4.69, 9.17) is 0 Å². The van der Waals surface area contributed by atoms with Crippen LogP contribution in [-0.2, 0) is 4.79 Å². The van der Waals surface area contributed by atoms with Gasteiger partial charge in [0.2, 0.25) is 0 Å². The van der Waals surface area contributed by atoms with Crippen molar-refractivity contribution in [1.82, 2.24) is 10.3 Å². The van der Waals surface area contributed by atoms with Crippen molar-refractivity contribution in [2.45, 2.75) is 26.3 Å². The molecule has 0 bridgehead atoms. The molecule has 1 rings (SSSR count). The van der Waals surface area contributed by atoms with Crippen LogP contribution in [0.4, 0.5) is 0 Å². The van der Waals surface area contributed by atoms with Gasteiger partial charge < -0.3 is 10.1 Å². The zero-order valence-electron chi connectivity index (χ0n) is 9.51. The summed E-state index contributed by atoms with van der Waals surface area (Å²) < 4.78 is 0. The van der Waals surface area contributed by atoms with Crippen LogP contribution in [0.5, 0.6) is 0 Å². The molecule has 0 saturated heterocycles. The maximum atomic E-state index is 11.7. The molecule has 1 heterocycles. The molecule has 0 aliphatic carbocycles. The van der Waals surface area contributed by atoms with Crippen molar-refractivity contribution in [3.05, 3.63) is 30.1 Å². The highest BCUT2D eigenvalue weighted by atomic mass is 16.2. The van der Waals surface area contributed by atoms with E-state index in [0.29, 0.717) is 5.56 Å². The van der Waals surface area contributed by atoms with E-state index in [2.05, 4.69) is 10.3 Å². The third-order valence-corrected chi connectivity index (χ3v) is 2.63. The molecule has 0 radical (unpaired) electrons. The van der Waals surface area contributed by atoms with E-state index in [1.54, 1.807) is 18.3 Å². The zero-order valence-corrected chi connectivity index (χ0v) is 9.51. The molecule has 16 heavy (non-hydrogen) atoms. The smallest absolute Gasteiger partial charge is 0.253 e. The third kappa shape index (κ3) is 3.15. The van der Waals surface area contributed by atoms with Gasteiger partial charge in [-0.15, -0.1) is 0 Å². The molecule has 1 N–H and O–H groups in total. The SMILES string of the molecule is CCC(C)C(C=O)NC(=O)c1cccnc1. The molecule has 4 nitrogen and oxygen atoms in total. The van der Waals surface area contributed by atoms with Gasteiger partial charge in [0, 0.05) is 12.4 Å². The Morgan fingerprint density at radius 3 is 2.88 bits per heavy atom. The van der Waals surface area contributed by atoms with E-state index in [9.17, 15) is 9.59 Å². The normalized spacial score (nSPS) is 13.9. The lowest BCUT2D eigenvalue weighted by atomic mass is 10.0. The van der Waals surface area contributed by atoms with E-state index < -0.39 is 6.04 Å². The van der Waals surface area contributed by atoms with Crippen molar-refractivity contribution in [3.8, 4) is 0 Å². The first kappa shape index (κ1) is 12.4. The van der Waals surface area contributed by atoms with Gasteiger partial charge in [0.15, 0.2) is 0 Å². The molecular formula is C12H16N2O2. The number of amides is 1. The second-order valence-corrected chi connectivity index (χ2v) is 3.76. The first-order valence-electron chi connectivity index (χ1n) is 5.35. The Labute approximate surface area is 95.1 Å². The number of carbonyl (C=O) groups excluding carboxylic acids is 2. The number of carbonyl (C=O) groups is 2. The van der Waals surface area contributed by atoms with Crippen LogP contribution in [0.1, 0.15) is 30.6 Å². The molecule has 0 aliphatic rings. The number of hydrogen-bond acceptors (Lipinski definition) is 3. The Morgan fingerprint density at radius 1 is 1.62 bits per heavy atom. The minimum Gasteiger partial charge on any atom is -0.342 e. The predicted octanol–water partition coefficient (Wildman–Crippen LogP) is 1.43. The van der Waals surface area contributed by atoms with Crippen LogP contribution in [0.15, 0.2) is 24.5 Å². The predicted molar refractivity (Wildman–Crippen MR) is 61.0 cm³/mol. The summed E-state index contributed by atoms with van der Waals surface area (Å²) in [5.41, 5.74) is 0.470. The van der Waals surface area contributed by atoms with Crippen LogP contribution >= 0.6 is 0 Å². The molecule has 0 spiro atoms. The third-order valence-electron chi connectivity index (χ3n) is 2.63. The first-order chi connectivity index (χ1) is 7.69. The topological polar surface area (TPSA) is 59.1 Å². The van der Waals surface area contributed by atoms with E-state index in [0.717, 1.165) is 12.7 Å². The summed E-state index contributed by atoms with van der Waals surface area (Å²) in [5.74, 6) is -0.122. The van der Waals surface area contributed by atoms with Gasteiger partial charge in [-0.3, -0.25) is 9.78 Å². The molecule has 0 aliphatic heterocycles. The summed E-state index contributed by atoms with van der Waals surface area (Å²) in [6.45, 7) is 3.92. The monoisotopic (exact) mass is 220 g/mol. The Morgan fingerprint density at radius 2 is 2.38 bits per heavy atom. The molecule has 0 fully saturated rings. The van der Waals surface area contributed by atoms with Crippen molar-refractivity contribution in [2.75, 3.05) is 0 Å². The highest BCUT2D eigenvalue weighted by molar-refractivity contribution is 5.95. The van der Waals surface area contributed by atoms with Crippen LogP contribution in [0.3, 0.4) is 0 Å². The van der Waals surface area contributed by atoms with E-state index >= 15 is 0 Å². The fraction of sp³-hybridized carbons (Fsp3) is 0.417. The van der Waals surface area contributed by atoms with Crippen molar-refractivity contribution >= 4 is 12.2 Å². The zero-order chi connectivity index (χ0) is 12.0. The molecule has 1 amide bonds. The molecule has 2 atom stereocenters. The Hall–Kier alpha value is -1.71. The van der Waals surface area contributed by atoms with Crippen molar-refractivity contribution in [2.24, 2.45) is 5.92 Å². The van der Waals surface area contributed by atoms with Crippen molar-refractivity contribution in [1.29, 1.82) is 0 Å². The summed E-state index contributed by atoms with van der Waals surface area (Å²) in [7, 11) is 0.